The van der Waals surface area contributed by atoms with Crippen LogP contribution in [0.15, 0.2) is 36.0 Å². The van der Waals surface area contributed by atoms with E-state index in [1.165, 1.54) is 16.9 Å². The summed E-state index contributed by atoms with van der Waals surface area (Å²) in [5.74, 6) is -0.0464. The van der Waals surface area contributed by atoms with Gasteiger partial charge in [-0.25, -0.2) is 9.50 Å². The van der Waals surface area contributed by atoms with Crippen LogP contribution in [0.25, 0.3) is 4.96 Å². The number of benzene rings is 1. The molecule has 20 heavy (non-hydrogen) atoms. The highest BCUT2D eigenvalue weighted by Gasteiger charge is 2.25. The second kappa shape index (κ2) is 4.42. The first kappa shape index (κ1) is 11.6. The number of aryl methyl sites for hydroxylation is 1. The highest BCUT2D eigenvalue weighted by atomic mass is 32.1. The molecule has 1 aliphatic heterocycles. The Balaban J connectivity index is 1.74. The summed E-state index contributed by atoms with van der Waals surface area (Å²) in [7, 11) is 0. The van der Waals surface area contributed by atoms with Crippen LogP contribution in [-0.2, 0) is 6.42 Å². The molecule has 0 saturated carbocycles. The van der Waals surface area contributed by atoms with Gasteiger partial charge in [0, 0.05) is 12.2 Å². The summed E-state index contributed by atoms with van der Waals surface area (Å²) in [6.07, 6.45) is 3.72. The molecule has 3 heterocycles. The lowest BCUT2D eigenvalue weighted by Gasteiger charge is -2.28. The van der Waals surface area contributed by atoms with Crippen molar-refractivity contribution >= 4 is 27.9 Å². The third-order valence-corrected chi connectivity index (χ3v) is 4.25. The predicted octanol–water partition coefficient (Wildman–Crippen LogP) is 2.38. The number of nitrogens with zero attached hydrogens (tertiary/aromatic N) is 4. The van der Waals surface area contributed by atoms with E-state index in [1.807, 2.05) is 23.1 Å². The lowest BCUT2D eigenvalue weighted by molar-refractivity contribution is 0.0981. The zero-order valence-electron chi connectivity index (χ0n) is 10.7. The largest absolute Gasteiger partial charge is 0.307 e. The molecule has 4 rings (SSSR count). The van der Waals surface area contributed by atoms with E-state index in [2.05, 4.69) is 16.1 Å². The molecule has 1 amide bonds. The van der Waals surface area contributed by atoms with Gasteiger partial charge in [-0.05, 0) is 24.5 Å². The van der Waals surface area contributed by atoms with Gasteiger partial charge in [-0.15, -0.1) is 0 Å². The molecular weight excluding hydrogens is 272 g/mol. The Bertz CT molecular complexity index is 763. The standard InChI is InChI=1S/C14H12N4OS/c19-13(11-8-18-14(16-11)20-9-15-18)17-7-3-5-10-4-1-2-6-12(10)17/h1-2,4,6,8-9H,3,5,7H2. The fraction of sp³-hybridized carbons (Fsp3) is 0.214. The van der Waals surface area contributed by atoms with Crippen LogP contribution < -0.4 is 4.90 Å². The average Bonchev–Trinajstić information content (AvgIpc) is 3.07. The van der Waals surface area contributed by atoms with Gasteiger partial charge >= 0.3 is 0 Å². The van der Waals surface area contributed by atoms with Crippen molar-refractivity contribution in [1.82, 2.24) is 14.6 Å². The Morgan fingerprint density at radius 1 is 1.30 bits per heavy atom. The molecular formula is C14H12N4OS. The predicted molar refractivity (Wildman–Crippen MR) is 77.3 cm³/mol. The first-order valence-electron chi connectivity index (χ1n) is 6.51. The van der Waals surface area contributed by atoms with Crippen LogP contribution in [0.3, 0.4) is 0 Å². The minimum atomic E-state index is -0.0464. The van der Waals surface area contributed by atoms with Crippen LogP contribution in [0.1, 0.15) is 22.5 Å². The van der Waals surface area contributed by atoms with Crippen molar-refractivity contribution in [2.45, 2.75) is 12.8 Å². The Hall–Kier alpha value is -2.21. The average molecular weight is 284 g/mol. The maximum Gasteiger partial charge on any atom is 0.278 e. The van der Waals surface area contributed by atoms with Crippen LogP contribution in [0, 0.1) is 0 Å². The molecule has 0 bridgehead atoms. The molecule has 0 saturated heterocycles. The fourth-order valence-electron chi connectivity index (χ4n) is 2.62. The van der Waals surface area contributed by atoms with Crippen molar-refractivity contribution in [1.29, 1.82) is 0 Å². The molecule has 6 heteroatoms. The molecule has 100 valence electrons. The number of fused-ring (bicyclic) bond motifs is 2. The summed E-state index contributed by atoms with van der Waals surface area (Å²) < 4.78 is 1.65. The van der Waals surface area contributed by atoms with Crippen molar-refractivity contribution in [2.75, 3.05) is 11.4 Å². The zero-order chi connectivity index (χ0) is 13.5. The van der Waals surface area contributed by atoms with Gasteiger partial charge in [-0.2, -0.15) is 5.10 Å². The van der Waals surface area contributed by atoms with Gasteiger partial charge < -0.3 is 4.90 Å². The molecule has 0 N–H and O–H groups in total. The number of aromatic nitrogens is 3. The second-order valence-corrected chi connectivity index (χ2v) is 5.59. The van der Waals surface area contributed by atoms with Crippen LogP contribution in [0.5, 0.6) is 0 Å². The number of rotatable bonds is 1. The van der Waals surface area contributed by atoms with E-state index in [4.69, 9.17) is 0 Å². The van der Waals surface area contributed by atoms with E-state index >= 15 is 0 Å². The number of anilines is 1. The maximum atomic E-state index is 12.7. The van der Waals surface area contributed by atoms with Gasteiger partial charge in [-0.1, -0.05) is 29.5 Å². The van der Waals surface area contributed by atoms with E-state index < -0.39 is 0 Å². The summed E-state index contributed by atoms with van der Waals surface area (Å²) in [5.41, 5.74) is 4.41. The Morgan fingerprint density at radius 3 is 3.10 bits per heavy atom. The Kier molecular flexibility index (Phi) is 2.56. The minimum Gasteiger partial charge on any atom is -0.307 e. The van der Waals surface area contributed by atoms with Gasteiger partial charge in [0.15, 0.2) is 0 Å². The van der Waals surface area contributed by atoms with Crippen molar-refractivity contribution in [3.63, 3.8) is 0 Å². The monoisotopic (exact) mass is 284 g/mol. The molecule has 1 aromatic carbocycles. The first-order chi connectivity index (χ1) is 9.83. The van der Waals surface area contributed by atoms with Crippen LogP contribution >= 0.6 is 11.3 Å². The Morgan fingerprint density at radius 2 is 2.20 bits per heavy atom. The molecule has 3 aromatic rings. The molecule has 1 aliphatic rings. The van der Waals surface area contributed by atoms with Gasteiger partial charge in [-0.3, -0.25) is 4.79 Å². The number of hydrogen-bond acceptors (Lipinski definition) is 4. The molecule has 0 radical (unpaired) electrons. The molecule has 2 aromatic heterocycles. The van der Waals surface area contributed by atoms with E-state index in [0.717, 1.165) is 30.0 Å². The molecule has 0 spiro atoms. The van der Waals surface area contributed by atoms with Crippen molar-refractivity contribution in [3.8, 4) is 0 Å². The van der Waals surface area contributed by atoms with Crippen LogP contribution in [0.2, 0.25) is 0 Å². The lowest BCUT2D eigenvalue weighted by atomic mass is 10.0. The summed E-state index contributed by atoms with van der Waals surface area (Å²) in [4.78, 5) is 19.6. The van der Waals surface area contributed by atoms with Gasteiger partial charge in [0.1, 0.15) is 11.2 Å². The molecule has 0 atom stereocenters. The van der Waals surface area contributed by atoms with Gasteiger partial charge in [0.25, 0.3) is 5.91 Å². The summed E-state index contributed by atoms with van der Waals surface area (Å²) in [6, 6.07) is 8.08. The van der Waals surface area contributed by atoms with Crippen LogP contribution in [-0.4, -0.2) is 27.0 Å². The first-order valence-corrected chi connectivity index (χ1v) is 7.39. The lowest BCUT2D eigenvalue weighted by Crippen LogP contribution is -2.35. The van der Waals surface area contributed by atoms with E-state index in [9.17, 15) is 4.79 Å². The molecule has 5 nitrogen and oxygen atoms in total. The van der Waals surface area contributed by atoms with Crippen molar-refractivity contribution in [3.05, 3.63) is 47.2 Å². The van der Waals surface area contributed by atoms with Gasteiger partial charge in [0.05, 0.1) is 6.20 Å². The number of carbonyl (C=O) groups excluding carboxylic acids is 1. The number of amides is 1. The topological polar surface area (TPSA) is 50.5 Å². The summed E-state index contributed by atoms with van der Waals surface area (Å²) in [5, 5.41) is 4.11. The number of carbonyl (C=O) groups is 1. The van der Waals surface area contributed by atoms with E-state index in [1.54, 1.807) is 16.2 Å². The molecule has 0 aliphatic carbocycles. The third kappa shape index (κ3) is 1.72. The molecule has 0 unspecified atom stereocenters. The quantitative estimate of drug-likeness (QED) is 0.689. The number of para-hydroxylation sites is 1. The third-order valence-electron chi connectivity index (χ3n) is 3.56. The smallest absolute Gasteiger partial charge is 0.278 e. The second-order valence-electron chi connectivity index (χ2n) is 4.78. The van der Waals surface area contributed by atoms with Crippen molar-refractivity contribution in [2.24, 2.45) is 0 Å². The number of hydrogen-bond donors (Lipinski definition) is 0. The van der Waals surface area contributed by atoms with Crippen molar-refractivity contribution < 1.29 is 4.79 Å². The SMILES string of the molecule is O=C(c1cn2ncsc2n1)N1CCCc2ccccc21. The molecule has 0 fully saturated rings. The summed E-state index contributed by atoms with van der Waals surface area (Å²) >= 11 is 1.43. The number of imidazole rings is 1. The van der Waals surface area contributed by atoms with E-state index in [-0.39, 0.29) is 5.91 Å². The highest BCUT2D eigenvalue weighted by Crippen LogP contribution is 2.28. The van der Waals surface area contributed by atoms with Gasteiger partial charge in [0.2, 0.25) is 4.96 Å². The maximum absolute atomic E-state index is 12.7. The highest BCUT2D eigenvalue weighted by molar-refractivity contribution is 7.14. The fourth-order valence-corrected chi connectivity index (χ4v) is 3.23. The summed E-state index contributed by atoms with van der Waals surface area (Å²) in [6.45, 7) is 0.744. The van der Waals surface area contributed by atoms with E-state index in [0.29, 0.717) is 5.69 Å². The zero-order valence-corrected chi connectivity index (χ0v) is 11.5. The van der Waals surface area contributed by atoms with Crippen LogP contribution in [0.4, 0.5) is 5.69 Å². The normalized spacial score (nSPS) is 14.5. The minimum absolute atomic E-state index is 0.0464. The Labute approximate surface area is 119 Å².